The molecule has 8 heteroatoms. The highest BCUT2D eigenvalue weighted by Crippen LogP contribution is 2.21. The van der Waals surface area contributed by atoms with E-state index in [0.29, 0.717) is 6.29 Å². The first kappa shape index (κ1) is 14.3. The van der Waals surface area contributed by atoms with Crippen molar-refractivity contribution in [3.8, 4) is 11.5 Å². The van der Waals surface area contributed by atoms with Crippen molar-refractivity contribution in [1.29, 1.82) is 0 Å². The maximum absolute atomic E-state index is 12.1. The zero-order valence-corrected chi connectivity index (χ0v) is 10.6. The van der Waals surface area contributed by atoms with E-state index in [-0.39, 0.29) is 23.3 Å². The Balaban J connectivity index is 2.85. The molecule has 0 radical (unpaired) electrons. The highest BCUT2D eigenvalue weighted by atomic mass is 16.7. The van der Waals surface area contributed by atoms with Crippen LogP contribution in [-0.2, 0) is 6.54 Å². The van der Waals surface area contributed by atoms with E-state index in [1.165, 1.54) is 10.6 Å². The number of carbonyl (C=O) groups excluding carboxylic acids is 1. The van der Waals surface area contributed by atoms with Gasteiger partial charge in [-0.1, -0.05) is 6.08 Å². The normalized spacial score (nSPS) is 10.3. The van der Waals surface area contributed by atoms with Gasteiger partial charge in [0.25, 0.3) is 0 Å². The van der Waals surface area contributed by atoms with Crippen LogP contribution in [0.25, 0.3) is 11.0 Å². The summed E-state index contributed by atoms with van der Waals surface area (Å²) < 4.78 is 5.79. The van der Waals surface area contributed by atoms with Crippen LogP contribution in [0.3, 0.4) is 0 Å². The van der Waals surface area contributed by atoms with Crippen molar-refractivity contribution in [1.82, 2.24) is 9.55 Å². The summed E-state index contributed by atoms with van der Waals surface area (Å²) in [5.74, 6) is -0.913. The quantitative estimate of drug-likeness (QED) is 0.492. The number of aromatic nitrogens is 2. The zero-order chi connectivity index (χ0) is 15.6. The van der Waals surface area contributed by atoms with Gasteiger partial charge >= 0.3 is 6.16 Å². The molecular weight excluding hydrogens is 280 g/mol. The number of carboxylic acid groups (broad SMARTS) is 1. The Kier molecular flexibility index (Phi) is 3.70. The Labute approximate surface area is 117 Å². The first-order chi connectivity index (χ1) is 9.97. The average molecular weight is 290 g/mol. The first-order valence-corrected chi connectivity index (χ1v) is 5.72. The van der Waals surface area contributed by atoms with Gasteiger partial charge in [-0.3, -0.25) is 9.59 Å². The number of carbonyl (C=O) groups is 2. The Morgan fingerprint density at radius 2 is 2.24 bits per heavy atom. The number of ether oxygens (including phenoxy) is 1. The fraction of sp³-hybridized carbons (Fsp3) is 0.0769. The number of aldehydes is 1. The Hall–Kier alpha value is -3.16. The highest BCUT2D eigenvalue weighted by molar-refractivity contribution is 5.86. The minimum atomic E-state index is -1.64. The molecule has 0 amide bonds. The predicted octanol–water partition coefficient (Wildman–Crippen LogP) is 1.16. The lowest BCUT2D eigenvalue weighted by Gasteiger charge is -2.11. The summed E-state index contributed by atoms with van der Waals surface area (Å²) in [5, 5.41) is 18.2. The minimum absolute atomic E-state index is 0.0706. The maximum atomic E-state index is 12.1. The molecule has 2 heterocycles. The average Bonchev–Trinajstić information content (AvgIpc) is 2.43. The van der Waals surface area contributed by atoms with Crippen molar-refractivity contribution in [2.45, 2.75) is 6.54 Å². The van der Waals surface area contributed by atoms with E-state index in [1.807, 2.05) is 0 Å². The largest absolute Gasteiger partial charge is 0.511 e. The maximum Gasteiger partial charge on any atom is 0.511 e. The topological polar surface area (TPSA) is 119 Å². The second-order valence-electron chi connectivity index (χ2n) is 4.01. The SMILES string of the molecule is C=CCn1cc(OC(=O)O)c(=O)c2cc(O)c(C=O)nc21. The van der Waals surface area contributed by atoms with Crippen LogP contribution < -0.4 is 10.2 Å². The summed E-state index contributed by atoms with van der Waals surface area (Å²) in [6.07, 6.45) is 1.35. The third-order valence-electron chi connectivity index (χ3n) is 2.66. The molecule has 0 fully saturated rings. The molecule has 0 bridgehead atoms. The van der Waals surface area contributed by atoms with E-state index < -0.39 is 23.1 Å². The lowest BCUT2D eigenvalue weighted by atomic mass is 10.2. The minimum Gasteiger partial charge on any atom is -0.506 e. The summed E-state index contributed by atoms with van der Waals surface area (Å²) in [6.45, 7) is 3.73. The summed E-state index contributed by atoms with van der Waals surface area (Å²) in [7, 11) is 0. The standard InChI is InChI=1S/C13H10N2O6/c1-2-3-15-5-10(21-13(19)20)11(18)7-4-9(17)8(6-16)14-12(7)15/h2,4-6,17H,1,3H2,(H,19,20). The summed E-state index contributed by atoms with van der Waals surface area (Å²) in [6, 6.07) is 1.04. The fourth-order valence-electron chi connectivity index (χ4n) is 1.82. The molecule has 21 heavy (non-hydrogen) atoms. The number of allylic oxidation sites excluding steroid dienone is 1. The van der Waals surface area contributed by atoms with Gasteiger partial charge in [0.05, 0.1) is 11.6 Å². The molecule has 0 saturated heterocycles. The molecule has 0 atom stereocenters. The molecule has 0 saturated carbocycles. The summed E-state index contributed by atoms with van der Waals surface area (Å²) in [5.41, 5.74) is -0.878. The van der Waals surface area contributed by atoms with Gasteiger partial charge in [0.2, 0.25) is 5.43 Å². The van der Waals surface area contributed by atoms with E-state index in [2.05, 4.69) is 16.3 Å². The molecule has 0 aliphatic heterocycles. The van der Waals surface area contributed by atoms with E-state index in [1.54, 1.807) is 0 Å². The molecule has 108 valence electrons. The molecule has 2 N–H and O–H groups in total. The molecule has 0 aromatic carbocycles. The van der Waals surface area contributed by atoms with Crippen LogP contribution in [0.15, 0.2) is 29.7 Å². The van der Waals surface area contributed by atoms with Crippen LogP contribution >= 0.6 is 0 Å². The fourth-order valence-corrected chi connectivity index (χ4v) is 1.82. The molecule has 2 aromatic heterocycles. The van der Waals surface area contributed by atoms with Gasteiger partial charge in [-0.25, -0.2) is 9.78 Å². The number of nitrogens with zero attached hydrogens (tertiary/aromatic N) is 2. The van der Waals surface area contributed by atoms with Crippen molar-refractivity contribution in [3.05, 3.63) is 40.8 Å². The number of pyridine rings is 2. The second-order valence-corrected chi connectivity index (χ2v) is 4.01. The number of hydrogen-bond acceptors (Lipinski definition) is 6. The number of hydrogen-bond donors (Lipinski definition) is 2. The van der Waals surface area contributed by atoms with Crippen LogP contribution in [0.2, 0.25) is 0 Å². The molecule has 0 spiro atoms. The second kappa shape index (κ2) is 5.45. The van der Waals surface area contributed by atoms with E-state index in [4.69, 9.17) is 5.11 Å². The first-order valence-electron chi connectivity index (χ1n) is 5.72. The lowest BCUT2D eigenvalue weighted by molar-refractivity contribution is 0.111. The smallest absolute Gasteiger partial charge is 0.506 e. The Morgan fingerprint density at radius 1 is 1.52 bits per heavy atom. The monoisotopic (exact) mass is 290 g/mol. The molecule has 2 aromatic rings. The zero-order valence-electron chi connectivity index (χ0n) is 10.6. The third-order valence-corrected chi connectivity index (χ3v) is 2.66. The van der Waals surface area contributed by atoms with Gasteiger partial charge in [0.1, 0.15) is 17.1 Å². The van der Waals surface area contributed by atoms with E-state index in [9.17, 15) is 19.5 Å². The Bertz CT molecular complexity index is 808. The van der Waals surface area contributed by atoms with Crippen molar-refractivity contribution in [3.63, 3.8) is 0 Å². The van der Waals surface area contributed by atoms with E-state index >= 15 is 0 Å². The van der Waals surface area contributed by atoms with Crippen LogP contribution in [0, 0.1) is 0 Å². The molecule has 2 rings (SSSR count). The summed E-state index contributed by atoms with van der Waals surface area (Å²) in [4.78, 5) is 37.4. The van der Waals surface area contributed by atoms with E-state index in [0.717, 1.165) is 12.3 Å². The van der Waals surface area contributed by atoms with Crippen molar-refractivity contribution >= 4 is 23.5 Å². The lowest BCUT2D eigenvalue weighted by Crippen LogP contribution is -2.17. The van der Waals surface area contributed by atoms with Crippen LogP contribution in [-0.4, -0.2) is 32.2 Å². The van der Waals surface area contributed by atoms with Gasteiger partial charge in [-0.05, 0) is 6.07 Å². The van der Waals surface area contributed by atoms with Gasteiger partial charge in [-0.15, -0.1) is 6.58 Å². The summed E-state index contributed by atoms with van der Waals surface area (Å²) >= 11 is 0. The molecular formula is C13H10N2O6. The number of fused-ring (bicyclic) bond motifs is 1. The van der Waals surface area contributed by atoms with Gasteiger partial charge in [-0.2, -0.15) is 0 Å². The third kappa shape index (κ3) is 2.59. The van der Waals surface area contributed by atoms with Crippen molar-refractivity contribution < 1.29 is 24.5 Å². The van der Waals surface area contributed by atoms with Gasteiger partial charge < -0.3 is 19.5 Å². The molecule has 0 unspecified atom stereocenters. The molecule has 0 aliphatic carbocycles. The van der Waals surface area contributed by atoms with Gasteiger partial charge in [0.15, 0.2) is 12.0 Å². The molecule has 8 nitrogen and oxygen atoms in total. The van der Waals surface area contributed by atoms with Crippen molar-refractivity contribution in [2.75, 3.05) is 0 Å². The van der Waals surface area contributed by atoms with Crippen LogP contribution in [0.4, 0.5) is 4.79 Å². The number of aromatic hydroxyl groups is 1. The Morgan fingerprint density at radius 3 is 2.81 bits per heavy atom. The predicted molar refractivity (Wildman–Crippen MR) is 71.9 cm³/mol. The number of rotatable bonds is 4. The van der Waals surface area contributed by atoms with Crippen molar-refractivity contribution in [2.24, 2.45) is 0 Å². The highest BCUT2D eigenvalue weighted by Gasteiger charge is 2.16. The van der Waals surface area contributed by atoms with Crippen LogP contribution in [0.1, 0.15) is 10.5 Å². The van der Waals surface area contributed by atoms with Gasteiger partial charge in [0, 0.05) is 6.54 Å². The molecule has 0 aliphatic rings. The van der Waals surface area contributed by atoms with Crippen LogP contribution in [0.5, 0.6) is 11.5 Å².